The smallest absolute Gasteiger partial charge is 0.258 e. The number of hydrogen-bond acceptors (Lipinski definition) is 3. The average molecular weight is 401 g/mol. The quantitative estimate of drug-likeness (QED) is 0.736. The number of rotatable bonds is 7. The van der Waals surface area contributed by atoms with Crippen molar-refractivity contribution in [2.45, 2.75) is 46.2 Å². The first-order valence-electron chi connectivity index (χ1n) is 9.98. The largest absolute Gasteiger partial charge is 0.484 e. The van der Waals surface area contributed by atoms with Crippen molar-refractivity contribution in [1.29, 1.82) is 0 Å². The SMILES string of the molecule is Cc1cc(OCC(=O)NCc2ccccc2CN2CCCCC2)cc(C)c1Cl. The van der Waals surface area contributed by atoms with Crippen LogP contribution in [0.15, 0.2) is 36.4 Å². The van der Waals surface area contributed by atoms with E-state index in [1.165, 1.54) is 30.4 Å². The van der Waals surface area contributed by atoms with Crippen LogP contribution < -0.4 is 10.1 Å². The molecule has 1 aliphatic rings. The highest BCUT2D eigenvalue weighted by Crippen LogP contribution is 2.25. The van der Waals surface area contributed by atoms with Crippen LogP contribution in [0.1, 0.15) is 41.5 Å². The Morgan fingerprint density at radius 3 is 2.39 bits per heavy atom. The van der Waals surface area contributed by atoms with Gasteiger partial charge >= 0.3 is 0 Å². The van der Waals surface area contributed by atoms with Gasteiger partial charge in [-0.05, 0) is 74.2 Å². The van der Waals surface area contributed by atoms with Gasteiger partial charge in [0.2, 0.25) is 0 Å². The number of carbonyl (C=O) groups is 1. The third kappa shape index (κ3) is 5.73. The van der Waals surface area contributed by atoms with Crippen molar-refractivity contribution in [2.75, 3.05) is 19.7 Å². The Balaban J connectivity index is 1.52. The van der Waals surface area contributed by atoms with Crippen molar-refractivity contribution in [3.05, 3.63) is 63.7 Å². The lowest BCUT2D eigenvalue weighted by Crippen LogP contribution is -2.31. The summed E-state index contributed by atoms with van der Waals surface area (Å²) in [6.45, 7) is 7.65. The maximum absolute atomic E-state index is 12.3. The minimum absolute atomic E-state index is 0.00515. The van der Waals surface area contributed by atoms with Crippen LogP contribution in [0.5, 0.6) is 5.75 Å². The molecule has 0 radical (unpaired) electrons. The predicted octanol–water partition coefficient (Wildman–Crippen LogP) is 4.64. The first-order chi connectivity index (χ1) is 13.5. The minimum Gasteiger partial charge on any atom is -0.484 e. The van der Waals surface area contributed by atoms with E-state index in [0.717, 1.165) is 35.8 Å². The standard InChI is InChI=1S/C23H29ClN2O2/c1-17-12-21(13-18(2)23(17)24)28-16-22(27)25-14-19-8-4-5-9-20(19)15-26-10-6-3-7-11-26/h4-5,8-9,12-13H,3,6-7,10-11,14-16H2,1-2H3,(H,25,27). The summed E-state index contributed by atoms with van der Waals surface area (Å²) in [6.07, 6.45) is 3.89. The summed E-state index contributed by atoms with van der Waals surface area (Å²) < 4.78 is 5.65. The molecule has 5 heteroatoms. The molecule has 4 nitrogen and oxygen atoms in total. The third-order valence-corrected chi connectivity index (χ3v) is 5.81. The van der Waals surface area contributed by atoms with Gasteiger partial charge in [-0.2, -0.15) is 0 Å². The molecule has 0 unspecified atom stereocenters. The fourth-order valence-electron chi connectivity index (χ4n) is 3.63. The molecule has 0 atom stereocenters. The number of nitrogens with one attached hydrogen (secondary N) is 1. The molecule has 0 bridgehead atoms. The van der Waals surface area contributed by atoms with Crippen molar-refractivity contribution >= 4 is 17.5 Å². The maximum atomic E-state index is 12.3. The van der Waals surface area contributed by atoms with Gasteiger partial charge in [0.25, 0.3) is 5.91 Å². The highest BCUT2D eigenvalue weighted by atomic mass is 35.5. The monoisotopic (exact) mass is 400 g/mol. The van der Waals surface area contributed by atoms with Gasteiger partial charge in [0.1, 0.15) is 5.75 Å². The molecule has 0 saturated carbocycles. The molecule has 1 amide bonds. The lowest BCUT2D eigenvalue weighted by molar-refractivity contribution is -0.123. The molecule has 28 heavy (non-hydrogen) atoms. The zero-order valence-electron chi connectivity index (χ0n) is 16.8. The van der Waals surface area contributed by atoms with Crippen molar-refractivity contribution in [1.82, 2.24) is 10.2 Å². The van der Waals surface area contributed by atoms with Gasteiger partial charge < -0.3 is 10.1 Å². The number of nitrogens with zero attached hydrogens (tertiary/aromatic N) is 1. The number of aryl methyl sites for hydroxylation is 2. The summed E-state index contributed by atoms with van der Waals surface area (Å²) in [6, 6.07) is 12.1. The predicted molar refractivity (Wildman–Crippen MR) is 114 cm³/mol. The zero-order valence-corrected chi connectivity index (χ0v) is 17.5. The molecule has 1 heterocycles. The minimum atomic E-state index is -0.127. The summed E-state index contributed by atoms with van der Waals surface area (Å²) in [7, 11) is 0. The van der Waals surface area contributed by atoms with Gasteiger partial charge in [-0.25, -0.2) is 0 Å². The van der Waals surface area contributed by atoms with E-state index in [-0.39, 0.29) is 12.5 Å². The lowest BCUT2D eigenvalue weighted by atomic mass is 10.0. The molecule has 2 aromatic carbocycles. The van der Waals surface area contributed by atoms with Gasteiger partial charge in [0.15, 0.2) is 6.61 Å². The van der Waals surface area contributed by atoms with E-state index in [1.54, 1.807) is 0 Å². The number of halogens is 1. The van der Waals surface area contributed by atoms with Crippen LogP contribution in [-0.4, -0.2) is 30.5 Å². The Bertz CT molecular complexity index is 793. The number of piperidine rings is 1. The van der Waals surface area contributed by atoms with Gasteiger partial charge in [0, 0.05) is 18.1 Å². The molecule has 1 fully saturated rings. The van der Waals surface area contributed by atoms with Crippen LogP contribution in [0.3, 0.4) is 0 Å². The highest BCUT2D eigenvalue weighted by Gasteiger charge is 2.13. The number of carbonyl (C=O) groups excluding carboxylic acids is 1. The average Bonchev–Trinajstić information content (AvgIpc) is 2.70. The van der Waals surface area contributed by atoms with Crippen molar-refractivity contribution in [2.24, 2.45) is 0 Å². The summed E-state index contributed by atoms with van der Waals surface area (Å²) in [5.74, 6) is 0.540. The normalized spacial score (nSPS) is 14.7. The van der Waals surface area contributed by atoms with Crippen LogP contribution in [0.2, 0.25) is 5.02 Å². The fraction of sp³-hybridized carbons (Fsp3) is 0.435. The molecule has 1 saturated heterocycles. The van der Waals surface area contributed by atoms with Crippen molar-refractivity contribution < 1.29 is 9.53 Å². The molecular weight excluding hydrogens is 372 g/mol. The van der Waals surface area contributed by atoms with Crippen molar-refractivity contribution in [3.8, 4) is 5.75 Å². The Morgan fingerprint density at radius 1 is 1.07 bits per heavy atom. The Morgan fingerprint density at radius 2 is 1.71 bits per heavy atom. The first kappa shape index (κ1) is 20.7. The number of hydrogen-bond donors (Lipinski definition) is 1. The summed E-state index contributed by atoms with van der Waals surface area (Å²) in [4.78, 5) is 14.8. The van der Waals surface area contributed by atoms with E-state index in [0.29, 0.717) is 12.3 Å². The molecule has 150 valence electrons. The number of amides is 1. The van der Waals surface area contributed by atoms with Gasteiger partial charge in [0.05, 0.1) is 0 Å². The second-order valence-corrected chi connectivity index (χ2v) is 7.92. The van der Waals surface area contributed by atoms with Crippen LogP contribution in [-0.2, 0) is 17.9 Å². The Hall–Kier alpha value is -2.04. The molecule has 1 aliphatic heterocycles. The summed E-state index contributed by atoms with van der Waals surface area (Å²) in [5.41, 5.74) is 4.35. The molecule has 0 aliphatic carbocycles. The van der Waals surface area contributed by atoms with Gasteiger partial charge in [-0.1, -0.05) is 42.3 Å². The lowest BCUT2D eigenvalue weighted by Gasteiger charge is -2.27. The van der Waals surface area contributed by atoms with Crippen LogP contribution in [0.25, 0.3) is 0 Å². The zero-order chi connectivity index (χ0) is 19.9. The fourth-order valence-corrected chi connectivity index (χ4v) is 3.73. The number of ether oxygens (including phenoxy) is 1. The van der Waals surface area contributed by atoms with E-state index in [1.807, 2.05) is 32.0 Å². The van der Waals surface area contributed by atoms with E-state index in [4.69, 9.17) is 16.3 Å². The molecule has 0 spiro atoms. The summed E-state index contributed by atoms with van der Waals surface area (Å²) in [5, 5.41) is 3.72. The van der Waals surface area contributed by atoms with E-state index < -0.39 is 0 Å². The number of likely N-dealkylation sites (tertiary alicyclic amines) is 1. The van der Waals surface area contributed by atoms with Crippen LogP contribution in [0, 0.1) is 13.8 Å². The van der Waals surface area contributed by atoms with Crippen molar-refractivity contribution in [3.63, 3.8) is 0 Å². The second kappa shape index (κ2) is 9.94. The molecule has 1 N–H and O–H groups in total. The van der Waals surface area contributed by atoms with E-state index in [9.17, 15) is 4.79 Å². The first-order valence-corrected chi connectivity index (χ1v) is 10.4. The molecule has 3 rings (SSSR count). The molecule has 2 aromatic rings. The maximum Gasteiger partial charge on any atom is 0.258 e. The third-order valence-electron chi connectivity index (χ3n) is 5.22. The van der Waals surface area contributed by atoms with Gasteiger partial charge in [-0.3, -0.25) is 9.69 Å². The summed E-state index contributed by atoms with van der Waals surface area (Å²) >= 11 is 6.18. The van der Waals surface area contributed by atoms with E-state index in [2.05, 4.69) is 28.4 Å². The van der Waals surface area contributed by atoms with Crippen LogP contribution in [0.4, 0.5) is 0 Å². The number of benzene rings is 2. The Labute approximate surface area is 172 Å². The van der Waals surface area contributed by atoms with E-state index >= 15 is 0 Å². The van der Waals surface area contributed by atoms with Gasteiger partial charge in [-0.15, -0.1) is 0 Å². The van der Waals surface area contributed by atoms with Crippen LogP contribution >= 0.6 is 11.6 Å². The topological polar surface area (TPSA) is 41.6 Å². The molecular formula is C23H29ClN2O2. The molecule has 0 aromatic heterocycles. The Kier molecular flexibility index (Phi) is 7.35. The second-order valence-electron chi connectivity index (χ2n) is 7.54. The highest BCUT2D eigenvalue weighted by molar-refractivity contribution is 6.32.